The fourth-order valence-electron chi connectivity index (χ4n) is 1.59. The van der Waals surface area contributed by atoms with Gasteiger partial charge in [0.05, 0.1) is 31.6 Å². The van der Waals surface area contributed by atoms with Crippen LogP contribution >= 0.6 is 15.9 Å². The molecule has 0 atom stereocenters. The SMILES string of the molecule is COc1ccc(OC)c(C(=O)c2ccoc2Br)c1. The monoisotopic (exact) mass is 310 g/mol. The standard InChI is InChI=1S/C13H11BrO4/c1-16-8-3-4-11(17-2)10(7-8)12(15)9-5-6-18-13(9)14/h3-7H,1-2H3. The molecule has 1 heterocycles. The van der Waals surface area contributed by atoms with E-state index in [9.17, 15) is 4.79 Å². The molecule has 0 aliphatic carbocycles. The number of rotatable bonds is 4. The number of carbonyl (C=O) groups is 1. The van der Waals surface area contributed by atoms with E-state index in [-0.39, 0.29) is 5.78 Å². The van der Waals surface area contributed by atoms with E-state index in [1.54, 1.807) is 31.4 Å². The Bertz CT molecular complexity index is 574. The second-order valence-electron chi connectivity index (χ2n) is 3.50. The summed E-state index contributed by atoms with van der Waals surface area (Å²) in [7, 11) is 3.06. The van der Waals surface area contributed by atoms with Gasteiger partial charge in [-0.2, -0.15) is 0 Å². The largest absolute Gasteiger partial charge is 0.497 e. The van der Waals surface area contributed by atoms with Crippen molar-refractivity contribution < 1.29 is 18.7 Å². The van der Waals surface area contributed by atoms with Gasteiger partial charge in [-0.05, 0) is 40.2 Å². The van der Waals surface area contributed by atoms with E-state index in [4.69, 9.17) is 13.9 Å². The molecule has 94 valence electrons. The van der Waals surface area contributed by atoms with E-state index in [2.05, 4.69) is 15.9 Å². The van der Waals surface area contributed by atoms with Crippen LogP contribution in [0.1, 0.15) is 15.9 Å². The minimum atomic E-state index is -0.189. The first kappa shape index (κ1) is 12.7. The summed E-state index contributed by atoms with van der Waals surface area (Å²) in [6.45, 7) is 0. The lowest BCUT2D eigenvalue weighted by molar-refractivity contribution is 0.103. The van der Waals surface area contributed by atoms with Crippen LogP contribution in [0.25, 0.3) is 0 Å². The maximum atomic E-state index is 12.4. The Hall–Kier alpha value is -1.75. The first-order valence-electron chi connectivity index (χ1n) is 5.17. The molecule has 0 saturated heterocycles. The third kappa shape index (κ3) is 2.26. The van der Waals surface area contributed by atoms with Gasteiger partial charge in [-0.1, -0.05) is 0 Å². The van der Waals surface area contributed by atoms with Crippen molar-refractivity contribution in [2.45, 2.75) is 0 Å². The normalized spacial score (nSPS) is 10.2. The van der Waals surface area contributed by atoms with Crippen molar-refractivity contribution in [3.05, 3.63) is 46.3 Å². The van der Waals surface area contributed by atoms with E-state index in [1.165, 1.54) is 13.4 Å². The molecular formula is C13H11BrO4. The highest BCUT2D eigenvalue weighted by atomic mass is 79.9. The summed E-state index contributed by atoms with van der Waals surface area (Å²) >= 11 is 3.19. The summed E-state index contributed by atoms with van der Waals surface area (Å²) in [6.07, 6.45) is 1.45. The summed E-state index contributed by atoms with van der Waals surface area (Å²) in [5.74, 6) is 0.902. The highest BCUT2D eigenvalue weighted by Crippen LogP contribution is 2.29. The predicted octanol–water partition coefficient (Wildman–Crippen LogP) is 3.29. The lowest BCUT2D eigenvalue weighted by Crippen LogP contribution is -2.04. The number of ether oxygens (including phenoxy) is 2. The van der Waals surface area contributed by atoms with Gasteiger partial charge in [0.2, 0.25) is 5.78 Å². The topological polar surface area (TPSA) is 48.7 Å². The van der Waals surface area contributed by atoms with Crippen molar-refractivity contribution in [3.63, 3.8) is 0 Å². The Morgan fingerprint density at radius 2 is 1.94 bits per heavy atom. The summed E-state index contributed by atoms with van der Waals surface area (Å²) in [5, 5.41) is 0. The number of hydrogen-bond donors (Lipinski definition) is 0. The maximum Gasteiger partial charge on any atom is 0.201 e. The lowest BCUT2D eigenvalue weighted by Gasteiger charge is -2.08. The zero-order valence-electron chi connectivity index (χ0n) is 9.90. The Kier molecular flexibility index (Phi) is 3.72. The van der Waals surface area contributed by atoms with Crippen LogP contribution in [-0.2, 0) is 0 Å². The summed E-state index contributed by atoms with van der Waals surface area (Å²) in [5.41, 5.74) is 0.875. The van der Waals surface area contributed by atoms with Crippen LogP contribution in [0.2, 0.25) is 0 Å². The molecule has 0 amide bonds. The van der Waals surface area contributed by atoms with Crippen molar-refractivity contribution in [3.8, 4) is 11.5 Å². The molecule has 0 N–H and O–H groups in total. The van der Waals surface area contributed by atoms with Crippen LogP contribution in [0.15, 0.2) is 39.6 Å². The van der Waals surface area contributed by atoms with Crippen molar-refractivity contribution in [2.75, 3.05) is 14.2 Å². The molecule has 5 heteroatoms. The average molecular weight is 311 g/mol. The predicted molar refractivity (Wildman–Crippen MR) is 69.4 cm³/mol. The zero-order valence-corrected chi connectivity index (χ0v) is 11.5. The highest BCUT2D eigenvalue weighted by molar-refractivity contribution is 9.10. The molecule has 0 saturated carbocycles. The number of carbonyl (C=O) groups excluding carboxylic acids is 1. The van der Waals surface area contributed by atoms with Crippen LogP contribution in [-0.4, -0.2) is 20.0 Å². The number of methoxy groups -OCH3 is 2. The van der Waals surface area contributed by atoms with Gasteiger partial charge >= 0.3 is 0 Å². The molecule has 0 aliphatic heterocycles. The summed E-state index contributed by atoms with van der Waals surface area (Å²) in [4.78, 5) is 12.4. The van der Waals surface area contributed by atoms with Gasteiger partial charge in [-0.25, -0.2) is 0 Å². The fraction of sp³-hybridized carbons (Fsp3) is 0.154. The summed E-state index contributed by atoms with van der Waals surface area (Å²) < 4.78 is 15.8. The lowest BCUT2D eigenvalue weighted by atomic mass is 10.0. The van der Waals surface area contributed by atoms with E-state index < -0.39 is 0 Å². The number of hydrogen-bond acceptors (Lipinski definition) is 4. The van der Waals surface area contributed by atoms with E-state index in [1.807, 2.05) is 0 Å². The first-order valence-corrected chi connectivity index (χ1v) is 5.96. The molecular weight excluding hydrogens is 300 g/mol. The van der Waals surface area contributed by atoms with Crippen molar-refractivity contribution in [1.29, 1.82) is 0 Å². The zero-order chi connectivity index (χ0) is 13.1. The number of halogens is 1. The average Bonchev–Trinajstić information content (AvgIpc) is 2.83. The molecule has 0 unspecified atom stereocenters. The molecule has 1 aromatic carbocycles. The van der Waals surface area contributed by atoms with Crippen LogP contribution in [0.5, 0.6) is 11.5 Å². The van der Waals surface area contributed by atoms with E-state index in [0.717, 1.165) is 0 Å². The first-order chi connectivity index (χ1) is 8.67. The molecule has 0 spiro atoms. The molecule has 2 rings (SSSR count). The van der Waals surface area contributed by atoms with Crippen molar-refractivity contribution in [1.82, 2.24) is 0 Å². The van der Waals surface area contributed by atoms with Gasteiger partial charge < -0.3 is 13.9 Å². The van der Waals surface area contributed by atoms with Gasteiger partial charge in [0.15, 0.2) is 4.67 Å². The smallest absolute Gasteiger partial charge is 0.201 e. The Balaban J connectivity index is 2.49. The van der Waals surface area contributed by atoms with Gasteiger partial charge in [-0.15, -0.1) is 0 Å². The summed E-state index contributed by atoms with van der Waals surface area (Å²) in [6, 6.07) is 6.67. The second-order valence-corrected chi connectivity index (χ2v) is 4.22. The molecule has 0 bridgehead atoms. The van der Waals surface area contributed by atoms with Crippen LogP contribution in [0, 0.1) is 0 Å². The Morgan fingerprint density at radius 1 is 1.17 bits per heavy atom. The number of furan rings is 1. The van der Waals surface area contributed by atoms with Gasteiger partial charge in [-0.3, -0.25) is 4.79 Å². The van der Waals surface area contributed by atoms with Crippen molar-refractivity contribution in [2.24, 2.45) is 0 Å². The molecule has 0 radical (unpaired) electrons. The minimum absolute atomic E-state index is 0.189. The number of ketones is 1. The fourth-order valence-corrected chi connectivity index (χ4v) is 2.01. The van der Waals surface area contributed by atoms with E-state index >= 15 is 0 Å². The van der Waals surface area contributed by atoms with Crippen LogP contribution in [0.3, 0.4) is 0 Å². The molecule has 0 aliphatic rings. The van der Waals surface area contributed by atoms with Crippen LogP contribution in [0.4, 0.5) is 0 Å². The highest BCUT2D eigenvalue weighted by Gasteiger charge is 2.19. The Labute approximate surface area is 113 Å². The quantitative estimate of drug-likeness (QED) is 0.813. The minimum Gasteiger partial charge on any atom is -0.497 e. The number of benzene rings is 1. The molecule has 0 fully saturated rings. The third-order valence-electron chi connectivity index (χ3n) is 2.51. The van der Waals surface area contributed by atoms with Crippen molar-refractivity contribution >= 4 is 21.7 Å². The second kappa shape index (κ2) is 5.27. The molecule has 2 aromatic rings. The Morgan fingerprint density at radius 3 is 2.50 bits per heavy atom. The molecule has 4 nitrogen and oxygen atoms in total. The third-order valence-corrected chi connectivity index (χ3v) is 3.13. The van der Waals surface area contributed by atoms with E-state index in [0.29, 0.717) is 27.3 Å². The maximum absolute atomic E-state index is 12.4. The van der Waals surface area contributed by atoms with Gasteiger partial charge in [0, 0.05) is 0 Å². The van der Waals surface area contributed by atoms with Gasteiger partial charge in [0.1, 0.15) is 11.5 Å². The molecule has 1 aromatic heterocycles. The van der Waals surface area contributed by atoms with Gasteiger partial charge in [0.25, 0.3) is 0 Å². The molecule has 18 heavy (non-hydrogen) atoms. The van der Waals surface area contributed by atoms with Crippen LogP contribution < -0.4 is 9.47 Å².